The Balaban J connectivity index is 1.58. The van der Waals surface area contributed by atoms with Crippen LogP contribution in [-0.4, -0.2) is 72.8 Å². The molecule has 4 fully saturated rings. The molecule has 276 valence electrons. The molecule has 47 heavy (non-hydrogen) atoms. The fourth-order valence-corrected chi connectivity index (χ4v) is 11.9. The van der Waals surface area contributed by atoms with Crippen LogP contribution in [0.4, 0.5) is 0 Å². The first-order valence-electron chi connectivity index (χ1n) is 18.4. The zero-order valence-corrected chi connectivity index (χ0v) is 31.5. The molecule has 11 nitrogen and oxygen atoms in total. The topological polar surface area (TPSA) is 150 Å². The minimum atomic E-state index is -4.12. The maximum absolute atomic E-state index is 12.3. The summed E-state index contributed by atoms with van der Waals surface area (Å²) in [5, 5.41) is 10.7. The van der Waals surface area contributed by atoms with Gasteiger partial charge in [-0.15, -0.1) is 0 Å². The predicted molar refractivity (Wildman–Crippen MR) is 180 cm³/mol. The lowest BCUT2D eigenvalue weighted by atomic mass is 9.43. The lowest BCUT2D eigenvalue weighted by Gasteiger charge is -2.64. The first-order valence-corrected chi connectivity index (χ1v) is 21.4. The van der Waals surface area contributed by atoms with E-state index >= 15 is 0 Å². The van der Waals surface area contributed by atoms with E-state index in [0.29, 0.717) is 36.5 Å². The molecule has 0 radical (unpaired) electrons. The maximum Gasteiger partial charge on any atom is 0.472 e. The standard InChI is InChI=1S/C34H64O11P2/c1-7-10-24(4)27-11-12-28-32-29(23-31(34(27,28)6)41-18-20-45-47(38,39)43-16-9-3)33(5)14-13-26(35)21-25(33)22-30(32)40-17-19-44-46(36,37)42-15-8-2/h24-32,35H,7-23H2,1-6H3,(H,36,37)(H,38,39)/t24-,25+,26-,27-,28+,29+,30-,31+,32+,33+,34-/m1/s1. The Morgan fingerprint density at radius 1 is 0.745 bits per heavy atom. The van der Waals surface area contributed by atoms with Crippen LogP contribution in [0.3, 0.4) is 0 Å². The Labute approximate surface area is 283 Å². The van der Waals surface area contributed by atoms with Gasteiger partial charge in [-0.25, -0.2) is 9.13 Å². The number of fused-ring (bicyclic) bond motifs is 5. The molecule has 2 unspecified atom stereocenters. The molecule has 13 atom stereocenters. The Kier molecular flexibility index (Phi) is 14.5. The molecule has 0 aromatic heterocycles. The van der Waals surface area contributed by atoms with Gasteiger partial charge in [0, 0.05) is 5.41 Å². The second-order valence-corrected chi connectivity index (χ2v) is 18.2. The SMILES string of the molecule is CCCOP(=O)(O)OCCO[C@H]1C[C@H]2[C@@H]([C@H](OCCOP(=O)(O)OCCC)C[C@@H]3C[C@H](O)CC[C@@]32C)[C@@H]2CC[C@H]([C@H](C)CCC)[C@@]12C. The third-order valence-corrected chi connectivity index (χ3v) is 14.5. The smallest absolute Gasteiger partial charge is 0.393 e. The quantitative estimate of drug-likeness (QED) is 0.0902. The van der Waals surface area contributed by atoms with Crippen molar-refractivity contribution in [1.82, 2.24) is 0 Å². The fourth-order valence-electron chi connectivity index (χ4n) is 10.3. The van der Waals surface area contributed by atoms with E-state index in [1.165, 1.54) is 0 Å². The van der Waals surface area contributed by atoms with Crippen molar-refractivity contribution in [2.24, 2.45) is 46.3 Å². The average molecular weight is 711 g/mol. The lowest BCUT2D eigenvalue weighted by molar-refractivity contribution is -0.227. The molecule has 3 N–H and O–H groups in total. The number of rotatable bonds is 19. The minimum absolute atomic E-state index is 0.0213. The van der Waals surface area contributed by atoms with Crippen LogP contribution in [0.2, 0.25) is 0 Å². The molecular formula is C34H64O11P2. The van der Waals surface area contributed by atoms with Crippen molar-refractivity contribution in [2.75, 3.05) is 39.6 Å². The maximum atomic E-state index is 12.3. The van der Waals surface area contributed by atoms with Crippen LogP contribution < -0.4 is 0 Å². The Morgan fingerprint density at radius 2 is 1.34 bits per heavy atom. The fraction of sp³-hybridized carbons (Fsp3) is 1.00. The molecule has 4 saturated carbocycles. The van der Waals surface area contributed by atoms with Gasteiger partial charge >= 0.3 is 15.6 Å². The molecule has 0 aliphatic heterocycles. The summed E-state index contributed by atoms with van der Waals surface area (Å²) >= 11 is 0. The number of aliphatic hydroxyl groups is 1. The molecule has 0 aromatic carbocycles. The molecule has 4 aliphatic rings. The van der Waals surface area contributed by atoms with Crippen LogP contribution in [-0.2, 0) is 36.7 Å². The van der Waals surface area contributed by atoms with E-state index in [1.54, 1.807) is 0 Å². The zero-order valence-electron chi connectivity index (χ0n) is 29.7. The molecule has 0 spiro atoms. The van der Waals surface area contributed by atoms with Crippen molar-refractivity contribution in [3.05, 3.63) is 0 Å². The van der Waals surface area contributed by atoms with Crippen LogP contribution in [0.25, 0.3) is 0 Å². The highest BCUT2D eigenvalue weighted by Gasteiger charge is 2.66. The molecular weight excluding hydrogens is 646 g/mol. The van der Waals surface area contributed by atoms with E-state index in [9.17, 15) is 24.0 Å². The van der Waals surface area contributed by atoms with Crippen LogP contribution in [0.15, 0.2) is 0 Å². The summed E-state index contributed by atoms with van der Waals surface area (Å²) in [6.07, 6.45) is 9.47. The Bertz CT molecular complexity index is 1080. The largest absolute Gasteiger partial charge is 0.472 e. The molecule has 0 heterocycles. The van der Waals surface area contributed by atoms with Crippen molar-refractivity contribution in [3.63, 3.8) is 0 Å². The average Bonchev–Trinajstić information content (AvgIpc) is 3.38. The third-order valence-electron chi connectivity index (χ3n) is 12.5. The minimum Gasteiger partial charge on any atom is -0.393 e. The van der Waals surface area contributed by atoms with E-state index in [-0.39, 0.29) is 80.6 Å². The van der Waals surface area contributed by atoms with Crippen molar-refractivity contribution in [2.45, 2.75) is 130 Å². The number of ether oxygens (including phenoxy) is 2. The summed E-state index contributed by atoms with van der Waals surface area (Å²) in [5.74, 6) is 2.22. The highest BCUT2D eigenvalue weighted by atomic mass is 31.2. The van der Waals surface area contributed by atoms with Gasteiger partial charge in [0.1, 0.15) is 0 Å². The Hall–Kier alpha value is 0.1000. The zero-order chi connectivity index (χ0) is 34.5. The summed E-state index contributed by atoms with van der Waals surface area (Å²) in [5.41, 5.74) is -0.0991. The summed E-state index contributed by atoms with van der Waals surface area (Å²) in [6, 6.07) is 0. The molecule has 4 aliphatic carbocycles. The second kappa shape index (κ2) is 17.1. The van der Waals surface area contributed by atoms with Gasteiger partial charge in [0.15, 0.2) is 0 Å². The molecule has 4 rings (SSSR count). The van der Waals surface area contributed by atoms with E-state index < -0.39 is 15.6 Å². The molecule has 0 aromatic rings. The van der Waals surface area contributed by atoms with Crippen LogP contribution in [0, 0.1) is 46.3 Å². The van der Waals surface area contributed by atoms with Gasteiger partial charge in [-0.3, -0.25) is 18.1 Å². The summed E-state index contributed by atoms with van der Waals surface area (Å²) in [6.45, 7) is 13.8. The van der Waals surface area contributed by atoms with Gasteiger partial charge in [0.05, 0.1) is 58.0 Å². The summed E-state index contributed by atoms with van der Waals surface area (Å²) in [4.78, 5) is 20.1. The van der Waals surface area contributed by atoms with Crippen molar-refractivity contribution < 1.29 is 51.6 Å². The number of aliphatic hydroxyl groups excluding tert-OH is 1. The van der Waals surface area contributed by atoms with Gasteiger partial charge in [-0.05, 0) is 98.7 Å². The molecule has 0 bridgehead atoms. The van der Waals surface area contributed by atoms with Gasteiger partial charge in [-0.2, -0.15) is 0 Å². The predicted octanol–water partition coefficient (Wildman–Crippen LogP) is 7.52. The highest BCUT2D eigenvalue weighted by molar-refractivity contribution is 7.47. The molecule has 0 saturated heterocycles. The van der Waals surface area contributed by atoms with E-state index in [0.717, 1.165) is 57.8 Å². The van der Waals surface area contributed by atoms with Gasteiger partial charge in [0.2, 0.25) is 0 Å². The number of phosphoric acid groups is 2. The highest BCUT2D eigenvalue weighted by Crippen LogP contribution is 2.69. The lowest BCUT2D eigenvalue weighted by Crippen LogP contribution is -2.63. The third kappa shape index (κ3) is 9.32. The van der Waals surface area contributed by atoms with Gasteiger partial charge in [0.25, 0.3) is 0 Å². The first kappa shape index (κ1) is 39.9. The molecule has 0 amide bonds. The van der Waals surface area contributed by atoms with E-state index in [2.05, 4.69) is 27.7 Å². The van der Waals surface area contributed by atoms with Gasteiger partial charge < -0.3 is 24.4 Å². The number of hydrogen-bond acceptors (Lipinski definition) is 9. The second-order valence-electron chi connectivity index (χ2n) is 15.2. The molecule has 13 heteroatoms. The summed E-state index contributed by atoms with van der Waals surface area (Å²) in [7, 11) is -8.25. The van der Waals surface area contributed by atoms with Gasteiger partial charge in [-0.1, -0.05) is 54.4 Å². The van der Waals surface area contributed by atoms with Crippen molar-refractivity contribution in [1.29, 1.82) is 0 Å². The van der Waals surface area contributed by atoms with Crippen molar-refractivity contribution in [3.8, 4) is 0 Å². The van der Waals surface area contributed by atoms with Crippen LogP contribution >= 0.6 is 15.6 Å². The van der Waals surface area contributed by atoms with E-state index in [4.69, 9.17) is 27.6 Å². The number of phosphoric ester groups is 2. The number of hydrogen-bond donors (Lipinski definition) is 3. The summed E-state index contributed by atoms with van der Waals surface area (Å²) < 4.78 is 58.6. The first-order chi connectivity index (χ1) is 22.2. The van der Waals surface area contributed by atoms with E-state index in [1.807, 2.05) is 13.8 Å². The monoisotopic (exact) mass is 710 g/mol. The van der Waals surface area contributed by atoms with Crippen molar-refractivity contribution >= 4 is 15.6 Å². The normalized spacial score (nSPS) is 40.1. The Morgan fingerprint density at radius 3 is 1.94 bits per heavy atom. The van der Waals surface area contributed by atoms with Crippen LogP contribution in [0.1, 0.15) is 112 Å². The van der Waals surface area contributed by atoms with Crippen LogP contribution in [0.5, 0.6) is 0 Å².